The van der Waals surface area contributed by atoms with Crippen LogP contribution in [0.2, 0.25) is 5.02 Å². The van der Waals surface area contributed by atoms with Crippen molar-refractivity contribution in [3.63, 3.8) is 0 Å². The van der Waals surface area contributed by atoms with E-state index in [9.17, 15) is 13.2 Å². The molecule has 4 N–H and O–H groups in total. The SMILES string of the molecule is CCS(=O)(=O)c1cccc(-c2cnc(N)nc2NC(C)c2cc3cccc(Cl)c3c(=O)[nH]2)c1. The molecule has 2 aromatic heterocycles. The van der Waals surface area contributed by atoms with Crippen LogP contribution in [-0.4, -0.2) is 29.1 Å². The molecule has 10 heteroatoms. The number of rotatable bonds is 6. The number of halogens is 1. The molecule has 2 aromatic carbocycles. The van der Waals surface area contributed by atoms with E-state index in [2.05, 4.69) is 20.3 Å². The molecule has 0 saturated heterocycles. The second-order valence-corrected chi connectivity index (χ2v) is 10.2. The highest BCUT2D eigenvalue weighted by Gasteiger charge is 2.17. The molecule has 0 saturated carbocycles. The highest BCUT2D eigenvalue weighted by Crippen LogP contribution is 2.31. The molecule has 0 amide bonds. The number of pyridine rings is 1. The Hall–Kier alpha value is -3.43. The zero-order valence-corrected chi connectivity index (χ0v) is 19.5. The number of sulfone groups is 1. The summed E-state index contributed by atoms with van der Waals surface area (Å²) in [6.45, 7) is 3.46. The molecule has 0 radical (unpaired) electrons. The number of aromatic nitrogens is 3. The van der Waals surface area contributed by atoms with Crippen LogP contribution in [0.5, 0.6) is 0 Å². The summed E-state index contributed by atoms with van der Waals surface area (Å²) in [5, 5.41) is 4.79. The van der Waals surface area contributed by atoms with Crippen LogP contribution in [0, 0.1) is 0 Å². The van der Waals surface area contributed by atoms with Crippen LogP contribution in [0.25, 0.3) is 21.9 Å². The number of nitrogen functional groups attached to an aromatic ring is 1. The van der Waals surface area contributed by atoms with Crippen molar-refractivity contribution in [2.24, 2.45) is 0 Å². The van der Waals surface area contributed by atoms with Gasteiger partial charge in [0.1, 0.15) is 5.82 Å². The molecule has 0 fully saturated rings. The minimum atomic E-state index is -3.38. The maximum Gasteiger partial charge on any atom is 0.257 e. The van der Waals surface area contributed by atoms with Gasteiger partial charge in [0.05, 0.1) is 27.1 Å². The lowest BCUT2D eigenvalue weighted by molar-refractivity contribution is 0.597. The van der Waals surface area contributed by atoms with Crippen LogP contribution in [0.1, 0.15) is 25.6 Å². The standard InChI is InChI=1S/C23H22ClN5O3S/c1-3-33(31,32)16-8-4-6-14(10-16)17-12-26-23(25)29-21(17)27-13(2)19-11-15-7-5-9-18(24)20(15)22(30)28-19/h4-13H,3H2,1-2H3,(H,28,30)(H3,25,26,27,29). The van der Waals surface area contributed by atoms with Gasteiger partial charge < -0.3 is 16.0 Å². The lowest BCUT2D eigenvalue weighted by Gasteiger charge is -2.18. The first-order valence-corrected chi connectivity index (χ1v) is 12.3. The smallest absolute Gasteiger partial charge is 0.257 e. The van der Waals surface area contributed by atoms with E-state index in [1.165, 1.54) is 6.20 Å². The first-order valence-electron chi connectivity index (χ1n) is 10.2. The predicted molar refractivity (Wildman–Crippen MR) is 131 cm³/mol. The summed E-state index contributed by atoms with van der Waals surface area (Å²) in [7, 11) is -3.38. The minimum Gasteiger partial charge on any atom is -0.368 e. The van der Waals surface area contributed by atoms with E-state index in [1.807, 2.05) is 19.1 Å². The van der Waals surface area contributed by atoms with Crippen molar-refractivity contribution in [3.05, 3.63) is 75.8 Å². The summed E-state index contributed by atoms with van der Waals surface area (Å²) in [6.07, 6.45) is 1.54. The van der Waals surface area contributed by atoms with E-state index in [0.717, 1.165) is 5.39 Å². The van der Waals surface area contributed by atoms with Crippen LogP contribution in [0.4, 0.5) is 11.8 Å². The molecule has 4 rings (SSSR count). The van der Waals surface area contributed by atoms with Gasteiger partial charge in [0.25, 0.3) is 5.56 Å². The van der Waals surface area contributed by atoms with E-state index in [4.69, 9.17) is 17.3 Å². The maximum atomic E-state index is 12.6. The maximum absolute atomic E-state index is 12.6. The van der Waals surface area contributed by atoms with Gasteiger partial charge in [-0.1, -0.05) is 42.8 Å². The second-order valence-electron chi connectivity index (χ2n) is 7.55. The molecule has 1 atom stereocenters. The van der Waals surface area contributed by atoms with E-state index in [1.54, 1.807) is 43.3 Å². The third kappa shape index (κ3) is 4.55. The van der Waals surface area contributed by atoms with Crippen molar-refractivity contribution in [1.29, 1.82) is 0 Å². The van der Waals surface area contributed by atoms with E-state index in [-0.39, 0.29) is 28.2 Å². The monoisotopic (exact) mass is 483 g/mol. The Morgan fingerprint density at radius 1 is 1.18 bits per heavy atom. The van der Waals surface area contributed by atoms with Crippen LogP contribution in [0.3, 0.4) is 0 Å². The quantitative estimate of drug-likeness (QED) is 0.374. The Kier molecular flexibility index (Phi) is 6.09. The number of nitrogens with one attached hydrogen (secondary N) is 2. The van der Waals surface area contributed by atoms with Crippen molar-refractivity contribution in [1.82, 2.24) is 15.0 Å². The van der Waals surface area contributed by atoms with Crippen molar-refractivity contribution in [2.75, 3.05) is 16.8 Å². The number of fused-ring (bicyclic) bond motifs is 1. The number of nitrogens with zero attached hydrogens (tertiary/aromatic N) is 2. The van der Waals surface area contributed by atoms with Gasteiger partial charge in [-0.3, -0.25) is 4.79 Å². The Morgan fingerprint density at radius 2 is 1.94 bits per heavy atom. The van der Waals surface area contributed by atoms with Gasteiger partial charge in [-0.05, 0) is 42.1 Å². The Morgan fingerprint density at radius 3 is 2.70 bits per heavy atom. The zero-order chi connectivity index (χ0) is 23.8. The fourth-order valence-corrected chi connectivity index (χ4v) is 4.75. The molecule has 2 heterocycles. The number of hydrogen-bond donors (Lipinski definition) is 3. The number of benzene rings is 2. The van der Waals surface area contributed by atoms with Crippen molar-refractivity contribution in [3.8, 4) is 11.1 Å². The summed E-state index contributed by atoms with van der Waals surface area (Å²) in [6, 6.07) is 13.3. The van der Waals surface area contributed by atoms with Crippen molar-refractivity contribution < 1.29 is 8.42 Å². The Bertz CT molecular complexity index is 1520. The number of nitrogens with two attached hydrogens (primary N) is 1. The third-order valence-corrected chi connectivity index (χ3v) is 7.40. The highest BCUT2D eigenvalue weighted by atomic mass is 35.5. The van der Waals surface area contributed by atoms with Gasteiger partial charge in [0.15, 0.2) is 9.84 Å². The van der Waals surface area contributed by atoms with Crippen molar-refractivity contribution in [2.45, 2.75) is 24.8 Å². The van der Waals surface area contributed by atoms with Crippen LogP contribution < -0.4 is 16.6 Å². The summed E-state index contributed by atoms with van der Waals surface area (Å²) in [5.74, 6) is 0.466. The van der Waals surface area contributed by atoms with Gasteiger partial charge >= 0.3 is 0 Å². The first kappa shape index (κ1) is 22.8. The van der Waals surface area contributed by atoms with E-state index >= 15 is 0 Å². The molecule has 0 aliphatic heterocycles. The Labute approximate surface area is 195 Å². The summed E-state index contributed by atoms with van der Waals surface area (Å²) < 4.78 is 24.7. The molecule has 0 aliphatic carbocycles. The molecule has 0 bridgehead atoms. The van der Waals surface area contributed by atoms with Gasteiger partial charge in [-0.15, -0.1) is 0 Å². The predicted octanol–water partition coefficient (Wildman–Crippen LogP) is 4.19. The molecular formula is C23H22ClN5O3S. The van der Waals surface area contributed by atoms with Crippen LogP contribution in [-0.2, 0) is 9.84 Å². The normalized spacial score (nSPS) is 12.6. The van der Waals surface area contributed by atoms with Gasteiger partial charge in [-0.25, -0.2) is 13.4 Å². The second kappa shape index (κ2) is 8.84. The fourth-order valence-electron chi connectivity index (χ4n) is 3.55. The van der Waals surface area contributed by atoms with Crippen molar-refractivity contribution >= 4 is 44.0 Å². The largest absolute Gasteiger partial charge is 0.368 e. The molecule has 33 heavy (non-hydrogen) atoms. The summed E-state index contributed by atoms with van der Waals surface area (Å²) >= 11 is 6.18. The van der Waals surface area contributed by atoms with Gasteiger partial charge in [-0.2, -0.15) is 4.98 Å². The molecule has 1 unspecified atom stereocenters. The first-order chi connectivity index (χ1) is 15.7. The molecule has 0 spiro atoms. The molecule has 0 aliphatic rings. The average molecular weight is 484 g/mol. The summed E-state index contributed by atoms with van der Waals surface area (Å²) in [4.78, 5) is 24.1. The topological polar surface area (TPSA) is 131 Å². The number of anilines is 2. The lowest BCUT2D eigenvalue weighted by Crippen LogP contribution is -2.17. The summed E-state index contributed by atoms with van der Waals surface area (Å²) in [5.41, 5.74) is 7.36. The van der Waals surface area contributed by atoms with E-state index < -0.39 is 9.84 Å². The molecule has 4 aromatic rings. The zero-order valence-electron chi connectivity index (χ0n) is 18.0. The van der Waals surface area contributed by atoms with Crippen LogP contribution >= 0.6 is 11.6 Å². The number of hydrogen-bond acceptors (Lipinski definition) is 7. The highest BCUT2D eigenvalue weighted by molar-refractivity contribution is 7.91. The molecule has 8 nitrogen and oxygen atoms in total. The average Bonchev–Trinajstić information content (AvgIpc) is 2.79. The lowest BCUT2D eigenvalue weighted by atomic mass is 10.1. The molecule has 170 valence electrons. The van der Waals surface area contributed by atoms with Crippen LogP contribution in [0.15, 0.2) is 64.4 Å². The minimum absolute atomic E-state index is 0.00379. The van der Waals surface area contributed by atoms with E-state index in [0.29, 0.717) is 33.0 Å². The fraction of sp³-hybridized carbons (Fsp3) is 0.174. The Balaban J connectivity index is 1.75. The third-order valence-electron chi connectivity index (χ3n) is 5.35. The molecular weight excluding hydrogens is 462 g/mol. The van der Waals surface area contributed by atoms with Gasteiger partial charge in [0.2, 0.25) is 5.95 Å². The number of aromatic amines is 1. The van der Waals surface area contributed by atoms with Gasteiger partial charge in [0, 0.05) is 17.5 Å². The number of H-pyrrole nitrogens is 1.